The van der Waals surface area contributed by atoms with Gasteiger partial charge in [-0.25, -0.2) is 8.42 Å². The van der Waals surface area contributed by atoms with E-state index in [0.717, 1.165) is 6.26 Å². The zero-order valence-electron chi connectivity index (χ0n) is 9.03. The van der Waals surface area contributed by atoms with E-state index in [-0.39, 0.29) is 29.8 Å². The average molecular weight is 233 g/mol. The normalized spacial score (nSPS) is 23.1. The Labute approximate surface area is 89.3 Å². The first kappa shape index (κ1) is 12.3. The van der Waals surface area contributed by atoms with Crippen LogP contribution in [-0.4, -0.2) is 32.3 Å². The summed E-state index contributed by atoms with van der Waals surface area (Å²) < 4.78 is 23.9. The van der Waals surface area contributed by atoms with E-state index in [9.17, 15) is 18.0 Å². The Bertz CT molecular complexity index is 376. The van der Waals surface area contributed by atoms with E-state index in [2.05, 4.69) is 4.72 Å². The zero-order valence-corrected chi connectivity index (χ0v) is 9.85. The molecule has 1 N–H and O–H groups in total. The first-order valence-corrected chi connectivity index (χ1v) is 6.53. The molecule has 86 valence electrons. The van der Waals surface area contributed by atoms with Gasteiger partial charge < -0.3 is 0 Å². The summed E-state index contributed by atoms with van der Waals surface area (Å²) in [4.78, 5) is 23.1. The monoisotopic (exact) mass is 233 g/mol. The average Bonchev–Trinajstić information content (AvgIpc) is 1.93. The summed E-state index contributed by atoms with van der Waals surface area (Å²) in [6.07, 6.45) is 1.39. The Balaban J connectivity index is 2.85. The number of ketones is 2. The molecule has 5 nitrogen and oxygen atoms in total. The van der Waals surface area contributed by atoms with Gasteiger partial charge in [0.05, 0.1) is 6.26 Å². The Morgan fingerprint density at radius 2 is 1.60 bits per heavy atom. The van der Waals surface area contributed by atoms with E-state index < -0.39 is 16.1 Å². The number of carbonyl (C=O) groups excluding carboxylic acids is 2. The first-order valence-electron chi connectivity index (χ1n) is 4.63. The van der Waals surface area contributed by atoms with Gasteiger partial charge in [-0.3, -0.25) is 9.59 Å². The van der Waals surface area contributed by atoms with Gasteiger partial charge in [-0.2, -0.15) is 4.72 Å². The number of hydrogen-bond acceptors (Lipinski definition) is 4. The van der Waals surface area contributed by atoms with Crippen LogP contribution in [0.3, 0.4) is 0 Å². The molecule has 0 aromatic carbocycles. The maximum absolute atomic E-state index is 11.6. The van der Waals surface area contributed by atoms with Crippen LogP contribution in [-0.2, 0) is 19.6 Å². The van der Waals surface area contributed by atoms with E-state index in [1.807, 2.05) is 13.8 Å². The van der Waals surface area contributed by atoms with Crippen LogP contribution < -0.4 is 4.72 Å². The molecule has 1 saturated carbocycles. The van der Waals surface area contributed by atoms with Gasteiger partial charge in [0.1, 0.15) is 6.04 Å². The molecule has 1 aliphatic rings. The predicted molar refractivity (Wildman–Crippen MR) is 54.8 cm³/mol. The van der Waals surface area contributed by atoms with Crippen molar-refractivity contribution in [3.8, 4) is 0 Å². The van der Waals surface area contributed by atoms with Crippen LogP contribution in [0.1, 0.15) is 26.7 Å². The summed E-state index contributed by atoms with van der Waals surface area (Å²) in [7, 11) is -3.52. The van der Waals surface area contributed by atoms with Gasteiger partial charge in [0.15, 0.2) is 11.6 Å². The third-order valence-electron chi connectivity index (χ3n) is 2.28. The second kappa shape index (κ2) is 3.68. The fourth-order valence-corrected chi connectivity index (χ4v) is 2.43. The lowest BCUT2D eigenvalue weighted by atomic mass is 9.74. The Hall–Kier alpha value is -0.750. The summed E-state index contributed by atoms with van der Waals surface area (Å²) in [6.45, 7) is 3.64. The zero-order chi connectivity index (χ0) is 11.9. The van der Waals surface area contributed by atoms with E-state index in [0.29, 0.717) is 0 Å². The number of Topliss-reactive ketones (excluding diaryl/α,β-unsaturated/α-hetero) is 2. The Kier molecular flexibility index (Phi) is 3.02. The summed E-state index contributed by atoms with van der Waals surface area (Å²) >= 11 is 0. The van der Waals surface area contributed by atoms with Crippen molar-refractivity contribution in [1.29, 1.82) is 0 Å². The van der Waals surface area contributed by atoms with Gasteiger partial charge in [0.2, 0.25) is 10.0 Å². The number of sulfonamides is 1. The molecule has 0 bridgehead atoms. The number of rotatable bonds is 2. The van der Waals surface area contributed by atoms with Crippen LogP contribution in [0.15, 0.2) is 0 Å². The highest BCUT2D eigenvalue weighted by Crippen LogP contribution is 2.31. The highest BCUT2D eigenvalue weighted by molar-refractivity contribution is 7.88. The molecule has 0 radical (unpaired) electrons. The summed E-state index contributed by atoms with van der Waals surface area (Å²) in [5.41, 5.74) is -0.357. The van der Waals surface area contributed by atoms with Gasteiger partial charge in [0, 0.05) is 12.8 Å². The van der Waals surface area contributed by atoms with E-state index in [1.54, 1.807) is 0 Å². The number of carbonyl (C=O) groups is 2. The van der Waals surface area contributed by atoms with Gasteiger partial charge in [-0.05, 0) is 5.41 Å². The van der Waals surface area contributed by atoms with Crippen LogP contribution >= 0.6 is 0 Å². The fourth-order valence-electron chi connectivity index (χ4n) is 1.74. The number of hydrogen-bond donors (Lipinski definition) is 1. The first-order chi connectivity index (χ1) is 6.61. The molecule has 0 aromatic heterocycles. The molecule has 1 aliphatic carbocycles. The molecule has 1 rings (SSSR count). The van der Waals surface area contributed by atoms with E-state index >= 15 is 0 Å². The standard InChI is InChI=1S/C9H15NO4S/c1-9(2)4-6(11)8(7(12)5-9)10-15(3,13)14/h8,10H,4-5H2,1-3H3. The number of nitrogens with one attached hydrogen (secondary N) is 1. The van der Waals surface area contributed by atoms with Gasteiger partial charge in [0.25, 0.3) is 0 Å². The molecule has 0 saturated heterocycles. The lowest BCUT2D eigenvalue weighted by Crippen LogP contribution is -2.51. The van der Waals surface area contributed by atoms with Crippen molar-refractivity contribution < 1.29 is 18.0 Å². The van der Waals surface area contributed by atoms with Crippen LogP contribution in [0.25, 0.3) is 0 Å². The van der Waals surface area contributed by atoms with Crippen molar-refractivity contribution in [2.45, 2.75) is 32.7 Å². The SMILES string of the molecule is CC1(C)CC(=O)C(NS(C)(=O)=O)C(=O)C1. The van der Waals surface area contributed by atoms with Crippen molar-refractivity contribution in [3.63, 3.8) is 0 Å². The molecule has 0 atom stereocenters. The fraction of sp³-hybridized carbons (Fsp3) is 0.778. The van der Waals surface area contributed by atoms with Crippen LogP contribution in [0.4, 0.5) is 0 Å². The highest BCUT2D eigenvalue weighted by Gasteiger charge is 2.40. The molecule has 0 spiro atoms. The minimum absolute atomic E-state index is 0.228. The lowest BCUT2D eigenvalue weighted by Gasteiger charge is -2.31. The molecular weight excluding hydrogens is 218 g/mol. The van der Waals surface area contributed by atoms with Crippen LogP contribution in [0.5, 0.6) is 0 Å². The van der Waals surface area contributed by atoms with Gasteiger partial charge in [-0.1, -0.05) is 13.8 Å². The smallest absolute Gasteiger partial charge is 0.209 e. The lowest BCUT2D eigenvalue weighted by molar-refractivity contribution is -0.135. The maximum atomic E-state index is 11.6. The van der Waals surface area contributed by atoms with Crippen molar-refractivity contribution in [3.05, 3.63) is 0 Å². The molecule has 0 aliphatic heterocycles. The van der Waals surface area contributed by atoms with Gasteiger partial charge >= 0.3 is 0 Å². The van der Waals surface area contributed by atoms with E-state index in [4.69, 9.17) is 0 Å². The molecule has 0 amide bonds. The van der Waals surface area contributed by atoms with Crippen molar-refractivity contribution in [2.75, 3.05) is 6.26 Å². The van der Waals surface area contributed by atoms with Crippen LogP contribution in [0, 0.1) is 5.41 Å². The molecular formula is C9H15NO4S. The molecule has 0 unspecified atom stereocenters. The summed E-state index contributed by atoms with van der Waals surface area (Å²) in [5, 5.41) is 0. The minimum Gasteiger partial charge on any atom is -0.297 e. The Morgan fingerprint density at radius 3 is 1.93 bits per heavy atom. The molecule has 6 heteroatoms. The Morgan fingerprint density at radius 1 is 1.20 bits per heavy atom. The second-order valence-corrected chi connectivity index (χ2v) is 6.55. The van der Waals surface area contributed by atoms with Crippen LogP contribution in [0.2, 0.25) is 0 Å². The molecule has 1 fully saturated rings. The molecule has 15 heavy (non-hydrogen) atoms. The minimum atomic E-state index is -3.52. The van der Waals surface area contributed by atoms with Crippen molar-refractivity contribution in [1.82, 2.24) is 4.72 Å². The maximum Gasteiger partial charge on any atom is 0.209 e. The highest BCUT2D eigenvalue weighted by atomic mass is 32.2. The van der Waals surface area contributed by atoms with Gasteiger partial charge in [-0.15, -0.1) is 0 Å². The molecule has 0 heterocycles. The topological polar surface area (TPSA) is 80.3 Å². The third kappa shape index (κ3) is 3.39. The summed E-state index contributed by atoms with van der Waals surface area (Å²) in [5.74, 6) is -0.691. The predicted octanol–water partition coefficient (Wildman–Crippen LogP) is -0.138. The second-order valence-electron chi connectivity index (χ2n) is 4.77. The third-order valence-corrected chi connectivity index (χ3v) is 2.95. The van der Waals surface area contributed by atoms with E-state index in [1.165, 1.54) is 0 Å². The quantitative estimate of drug-likeness (QED) is 0.673. The molecule has 0 aromatic rings. The van der Waals surface area contributed by atoms with Crippen molar-refractivity contribution >= 4 is 21.6 Å². The largest absolute Gasteiger partial charge is 0.297 e. The van der Waals surface area contributed by atoms with Crippen molar-refractivity contribution in [2.24, 2.45) is 5.41 Å². The summed E-state index contributed by atoms with van der Waals surface area (Å²) in [6, 6.07) is -1.17.